The first kappa shape index (κ1) is 16.0. The molecule has 2 aromatic carbocycles. The summed E-state index contributed by atoms with van der Waals surface area (Å²) in [5.41, 5.74) is 3.25. The SMILES string of the molecule is CCN1C(=O)COc2cc3c(cc21)NC(=O)C[C@@H]3c1cccc2c1OCO2. The Morgan fingerprint density at radius 3 is 2.85 bits per heavy atom. The van der Waals surface area contributed by atoms with Crippen molar-refractivity contribution in [2.75, 3.05) is 30.2 Å². The van der Waals surface area contributed by atoms with Gasteiger partial charge in [0.05, 0.1) is 5.69 Å². The van der Waals surface area contributed by atoms with E-state index in [4.69, 9.17) is 14.2 Å². The maximum atomic E-state index is 12.4. The number of benzene rings is 2. The number of hydrogen-bond acceptors (Lipinski definition) is 5. The minimum absolute atomic E-state index is 0.0222. The highest BCUT2D eigenvalue weighted by molar-refractivity contribution is 6.01. The molecule has 0 spiro atoms. The molecule has 0 fully saturated rings. The van der Waals surface area contributed by atoms with Gasteiger partial charge in [0.1, 0.15) is 5.75 Å². The smallest absolute Gasteiger partial charge is 0.265 e. The summed E-state index contributed by atoms with van der Waals surface area (Å²) in [5, 5.41) is 2.93. The van der Waals surface area contributed by atoms with E-state index in [9.17, 15) is 9.59 Å². The molecule has 0 saturated heterocycles. The molecule has 1 atom stereocenters. The van der Waals surface area contributed by atoms with E-state index in [1.54, 1.807) is 4.90 Å². The topological polar surface area (TPSA) is 77.1 Å². The molecule has 5 rings (SSSR count). The second kappa shape index (κ2) is 5.90. The lowest BCUT2D eigenvalue weighted by Crippen LogP contribution is -2.39. The van der Waals surface area contributed by atoms with Crippen LogP contribution in [0.1, 0.15) is 30.4 Å². The van der Waals surface area contributed by atoms with Crippen molar-refractivity contribution in [3.8, 4) is 17.2 Å². The number of nitrogens with zero attached hydrogens (tertiary/aromatic N) is 1. The van der Waals surface area contributed by atoms with Gasteiger partial charge in [0.25, 0.3) is 5.91 Å². The Morgan fingerprint density at radius 1 is 1.11 bits per heavy atom. The predicted octanol–water partition coefficient (Wildman–Crippen LogP) is 2.63. The average Bonchev–Trinajstić information content (AvgIpc) is 3.15. The molecule has 27 heavy (non-hydrogen) atoms. The van der Waals surface area contributed by atoms with E-state index in [1.807, 2.05) is 37.3 Å². The normalized spacial score (nSPS) is 19.9. The molecule has 0 unspecified atom stereocenters. The molecule has 138 valence electrons. The number of likely N-dealkylation sites (N-methyl/N-ethyl adjacent to an activating group) is 1. The summed E-state index contributed by atoms with van der Waals surface area (Å²) in [6, 6.07) is 9.48. The zero-order valence-electron chi connectivity index (χ0n) is 14.8. The molecule has 0 aromatic heterocycles. The third-order valence-electron chi connectivity index (χ3n) is 5.23. The summed E-state index contributed by atoms with van der Waals surface area (Å²) in [5.74, 6) is 1.70. The molecule has 0 aliphatic carbocycles. The highest BCUT2D eigenvalue weighted by Crippen LogP contribution is 2.48. The maximum Gasteiger partial charge on any atom is 0.265 e. The average molecular weight is 366 g/mol. The van der Waals surface area contributed by atoms with E-state index in [2.05, 4.69) is 5.32 Å². The molecule has 2 aromatic rings. The van der Waals surface area contributed by atoms with Crippen molar-refractivity contribution >= 4 is 23.2 Å². The second-order valence-corrected chi connectivity index (χ2v) is 6.72. The first-order chi connectivity index (χ1) is 13.2. The minimum atomic E-state index is -0.174. The van der Waals surface area contributed by atoms with Crippen LogP contribution in [0.4, 0.5) is 11.4 Å². The number of carbonyl (C=O) groups is 2. The van der Waals surface area contributed by atoms with E-state index in [1.165, 1.54) is 0 Å². The lowest BCUT2D eigenvalue weighted by molar-refractivity contribution is -0.121. The minimum Gasteiger partial charge on any atom is -0.482 e. The molecule has 0 radical (unpaired) electrons. The van der Waals surface area contributed by atoms with E-state index in [0.29, 0.717) is 41.6 Å². The van der Waals surface area contributed by atoms with Gasteiger partial charge in [0, 0.05) is 30.1 Å². The van der Waals surface area contributed by atoms with Gasteiger partial charge in [-0.3, -0.25) is 9.59 Å². The van der Waals surface area contributed by atoms with Crippen LogP contribution in [0.5, 0.6) is 17.2 Å². The van der Waals surface area contributed by atoms with E-state index in [0.717, 1.165) is 11.1 Å². The molecule has 1 N–H and O–H groups in total. The lowest BCUT2D eigenvalue weighted by Gasteiger charge is -2.33. The Hall–Kier alpha value is -3.22. The van der Waals surface area contributed by atoms with Crippen LogP contribution < -0.4 is 24.4 Å². The predicted molar refractivity (Wildman–Crippen MR) is 97.6 cm³/mol. The standard InChI is InChI=1S/C20H18N2O5/c1-2-22-15-8-14-13(6-17(15)25-9-19(22)24)12(7-18(23)21-14)11-4-3-5-16-20(11)27-10-26-16/h3-6,8,12H,2,7,9-10H2,1H3,(H,21,23)/t12-/m1/s1. The zero-order chi connectivity index (χ0) is 18.5. The number of anilines is 2. The number of nitrogens with one attached hydrogen (secondary N) is 1. The molecule has 3 aliphatic heterocycles. The van der Waals surface area contributed by atoms with Crippen molar-refractivity contribution in [3.05, 3.63) is 41.5 Å². The van der Waals surface area contributed by atoms with Crippen LogP contribution in [-0.2, 0) is 9.59 Å². The highest BCUT2D eigenvalue weighted by atomic mass is 16.7. The Morgan fingerprint density at radius 2 is 2.00 bits per heavy atom. The zero-order valence-corrected chi connectivity index (χ0v) is 14.8. The van der Waals surface area contributed by atoms with Crippen LogP contribution in [0.3, 0.4) is 0 Å². The maximum absolute atomic E-state index is 12.4. The Balaban J connectivity index is 1.65. The quantitative estimate of drug-likeness (QED) is 0.884. The number of carbonyl (C=O) groups excluding carboxylic acids is 2. The van der Waals surface area contributed by atoms with Crippen LogP contribution in [-0.4, -0.2) is 31.8 Å². The van der Waals surface area contributed by atoms with Gasteiger partial charge in [0.15, 0.2) is 18.1 Å². The van der Waals surface area contributed by atoms with Gasteiger partial charge in [-0.1, -0.05) is 12.1 Å². The van der Waals surface area contributed by atoms with Gasteiger partial charge in [-0.15, -0.1) is 0 Å². The first-order valence-electron chi connectivity index (χ1n) is 8.95. The number of rotatable bonds is 2. The van der Waals surface area contributed by atoms with Gasteiger partial charge in [-0.2, -0.15) is 0 Å². The van der Waals surface area contributed by atoms with Crippen molar-refractivity contribution in [1.82, 2.24) is 0 Å². The van der Waals surface area contributed by atoms with Crippen LogP contribution in [0.2, 0.25) is 0 Å². The molecule has 7 heteroatoms. The second-order valence-electron chi connectivity index (χ2n) is 6.72. The number of para-hydroxylation sites is 1. The fourth-order valence-electron chi connectivity index (χ4n) is 4.01. The molecule has 2 amide bonds. The largest absolute Gasteiger partial charge is 0.482 e. The number of fused-ring (bicyclic) bond motifs is 3. The van der Waals surface area contributed by atoms with Gasteiger partial charge >= 0.3 is 0 Å². The fourth-order valence-corrected chi connectivity index (χ4v) is 4.01. The third kappa shape index (κ3) is 2.42. The number of amides is 2. The first-order valence-corrected chi connectivity index (χ1v) is 8.95. The molecular weight excluding hydrogens is 348 g/mol. The Labute approximate surface area is 155 Å². The van der Waals surface area contributed by atoms with Gasteiger partial charge in [-0.25, -0.2) is 0 Å². The number of hydrogen-bond donors (Lipinski definition) is 1. The van der Waals surface area contributed by atoms with Crippen LogP contribution >= 0.6 is 0 Å². The highest BCUT2D eigenvalue weighted by Gasteiger charge is 2.34. The van der Waals surface area contributed by atoms with Crippen molar-refractivity contribution in [1.29, 1.82) is 0 Å². The summed E-state index contributed by atoms with van der Waals surface area (Å²) in [7, 11) is 0. The van der Waals surface area contributed by atoms with Gasteiger partial charge in [-0.05, 0) is 30.7 Å². The summed E-state index contributed by atoms with van der Waals surface area (Å²) in [4.78, 5) is 26.2. The molecule has 3 aliphatic rings. The van der Waals surface area contributed by atoms with Crippen LogP contribution in [0.25, 0.3) is 0 Å². The fraction of sp³-hybridized carbons (Fsp3) is 0.300. The Kier molecular flexibility index (Phi) is 3.50. The molecule has 7 nitrogen and oxygen atoms in total. The van der Waals surface area contributed by atoms with Crippen molar-refractivity contribution in [2.24, 2.45) is 0 Å². The van der Waals surface area contributed by atoms with Crippen LogP contribution in [0.15, 0.2) is 30.3 Å². The van der Waals surface area contributed by atoms with Gasteiger partial charge < -0.3 is 24.4 Å². The van der Waals surface area contributed by atoms with E-state index in [-0.39, 0.29) is 31.1 Å². The van der Waals surface area contributed by atoms with Crippen molar-refractivity contribution in [2.45, 2.75) is 19.3 Å². The summed E-state index contributed by atoms with van der Waals surface area (Å²) in [6.07, 6.45) is 0.308. The molecular formula is C20H18N2O5. The van der Waals surface area contributed by atoms with E-state index >= 15 is 0 Å². The lowest BCUT2D eigenvalue weighted by atomic mass is 9.83. The molecule has 0 bridgehead atoms. The monoisotopic (exact) mass is 366 g/mol. The summed E-state index contributed by atoms with van der Waals surface area (Å²) >= 11 is 0. The Bertz CT molecular complexity index is 971. The van der Waals surface area contributed by atoms with Crippen molar-refractivity contribution < 1.29 is 23.8 Å². The molecule has 3 heterocycles. The molecule has 0 saturated carbocycles. The van der Waals surface area contributed by atoms with Crippen LogP contribution in [0, 0.1) is 0 Å². The summed E-state index contributed by atoms with van der Waals surface area (Å²) in [6.45, 7) is 2.66. The number of ether oxygens (including phenoxy) is 3. The summed E-state index contributed by atoms with van der Waals surface area (Å²) < 4.78 is 16.8. The third-order valence-corrected chi connectivity index (χ3v) is 5.23. The van der Waals surface area contributed by atoms with Crippen molar-refractivity contribution in [3.63, 3.8) is 0 Å². The van der Waals surface area contributed by atoms with Gasteiger partial charge in [0.2, 0.25) is 12.7 Å². The van der Waals surface area contributed by atoms with E-state index < -0.39 is 0 Å².